The van der Waals surface area contributed by atoms with Gasteiger partial charge in [0.25, 0.3) is 6.71 Å². The molecular formula is C77H82BN3O. The van der Waals surface area contributed by atoms with Gasteiger partial charge in [0.15, 0.2) is 5.58 Å². The molecule has 0 N–H and O–H groups in total. The number of nitrogens with zero attached hydrogens (tertiary/aromatic N) is 3. The first-order valence-corrected chi connectivity index (χ1v) is 31.1. The van der Waals surface area contributed by atoms with Gasteiger partial charge in [-0.15, -0.1) is 0 Å². The number of rotatable bonds is 5. The number of para-hydroxylation sites is 2. The zero-order valence-electron chi connectivity index (χ0n) is 51.3. The molecular weight excluding hydrogens is 994 g/mol. The number of fused-ring (bicyclic) bond motifs is 13. The average Bonchev–Trinajstić information content (AvgIpc) is 2.16. The molecule has 2 unspecified atom stereocenters. The maximum atomic E-state index is 7.01. The molecule has 0 spiro atoms. The summed E-state index contributed by atoms with van der Waals surface area (Å²) in [4.78, 5) is 8.24. The predicted octanol–water partition coefficient (Wildman–Crippen LogP) is 19.4. The Morgan fingerprint density at radius 2 is 1.15 bits per heavy atom. The summed E-state index contributed by atoms with van der Waals surface area (Å²) in [5.74, 6) is 0. The molecule has 5 heteroatoms. The van der Waals surface area contributed by atoms with Crippen molar-refractivity contribution in [3.05, 3.63) is 185 Å². The average molecular weight is 1080 g/mol. The minimum absolute atomic E-state index is 0.00196. The maximum Gasteiger partial charge on any atom is 0.252 e. The highest BCUT2D eigenvalue weighted by Gasteiger charge is 2.63. The van der Waals surface area contributed by atoms with Crippen LogP contribution in [0.1, 0.15) is 180 Å². The van der Waals surface area contributed by atoms with Gasteiger partial charge in [0, 0.05) is 55.9 Å². The lowest BCUT2D eigenvalue weighted by Gasteiger charge is -2.53. The highest BCUT2D eigenvalue weighted by atomic mass is 16.3. The summed E-state index contributed by atoms with van der Waals surface area (Å²) in [6.07, 6.45) is 9.51. The van der Waals surface area contributed by atoms with Gasteiger partial charge in [0.2, 0.25) is 0 Å². The molecule has 4 nitrogen and oxygen atoms in total. The van der Waals surface area contributed by atoms with Gasteiger partial charge < -0.3 is 19.1 Å². The topological polar surface area (TPSA) is 22.9 Å². The quantitative estimate of drug-likeness (QED) is 0.160. The number of furan rings is 1. The lowest BCUT2D eigenvalue weighted by molar-refractivity contribution is 0.195. The Balaban J connectivity index is 1.10. The summed E-state index contributed by atoms with van der Waals surface area (Å²) in [5, 5.41) is 2.25. The Bertz CT molecular complexity index is 4170. The van der Waals surface area contributed by atoms with Crippen molar-refractivity contribution in [2.45, 2.75) is 186 Å². The monoisotopic (exact) mass is 1080 g/mol. The Morgan fingerprint density at radius 1 is 0.512 bits per heavy atom. The van der Waals surface area contributed by atoms with Crippen molar-refractivity contribution < 1.29 is 4.42 Å². The van der Waals surface area contributed by atoms with Crippen molar-refractivity contribution >= 4 is 90.5 Å². The van der Waals surface area contributed by atoms with E-state index in [1.807, 2.05) is 0 Å². The molecule has 3 aliphatic carbocycles. The number of hydrogen-bond acceptors (Lipinski definition) is 4. The van der Waals surface area contributed by atoms with E-state index in [2.05, 4.69) is 257 Å². The molecule has 3 aliphatic heterocycles. The van der Waals surface area contributed by atoms with Gasteiger partial charge in [-0.2, -0.15) is 0 Å². The Hall–Kier alpha value is -6.98. The Labute approximate surface area is 489 Å². The molecule has 6 aliphatic rings. The van der Waals surface area contributed by atoms with Crippen LogP contribution in [0.25, 0.3) is 33.1 Å². The van der Waals surface area contributed by atoms with Crippen LogP contribution in [0.5, 0.6) is 0 Å². The molecule has 4 heterocycles. The SMILES string of the molecule is Cc1cc2c3c(c1)N1c4c(cc5c(c4B3c3ccc(N(c4ccc(C(C)(C)C)cc4)c4cccc6c4oc4ccccc46)cc3N2c2cc3c(cc2-c2ccccc2)C(C)(C)CCC3(C)C)C(C)(C)CCC5(C)C)C2(C)CCCCC12C. The summed E-state index contributed by atoms with van der Waals surface area (Å²) in [6, 6.07) is 56.8. The molecule has 1 aromatic heterocycles. The molecule has 0 saturated heterocycles. The van der Waals surface area contributed by atoms with Crippen molar-refractivity contribution in [1.82, 2.24) is 0 Å². The van der Waals surface area contributed by atoms with Crippen LogP contribution in [-0.2, 0) is 32.5 Å². The number of benzene rings is 8. The molecule has 15 rings (SSSR count). The van der Waals surface area contributed by atoms with Crippen molar-refractivity contribution in [3.8, 4) is 11.1 Å². The second-order valence-corrected chi connectivity index (χ2v) is 30.2. The first-order valence-electron chi connectivity index (χ1n) is 31.1. The third-order valence-corrected chi connectivity index (χ3v) is 22.3. The molecule has 82 heavy (non-hydrogen) atoms. The molecule has 1 saturated carbocycles. The summed E-state index contributed by atoms with van der Waals surface area (Å²) in [6.45, 7) is 34.8. The molecule has 0 radical (unpaired) electrons. The van der Waals surface area contributed by atoms with Gasteiger partial charge in [-0.25, -0.2) is 0 Å². The van der Waals surface area contributed by atoms with Gasteiger partial charge in [-0.1, -0.05) is 181 Å². The van der Waals surface area contributed by atoms with E-state index in [4.69, 9.17) is 4.42 Å². The molecule has 1 fully saturated rings. The lowest BCUT2D eigenvalue weighted by atomic mass is 9.31. The Kier molecular flexibility index (Phi) is 10.8. The van der Waals surface area contributed by atoms with Crippen molar-refractivity contribution in [2.24, 2.45) is 0 Å². The number of hydrogen-bond donors (Lipinski definition) is 0. The molecule has 414 valence electrons. The first kappa shape index (κ1) is 51.9. The lowest BCUT2D eigenvalue weighted by Crippen LogP contribution is -2.66. The smallest absolute Gasteiger partial charge is 0.252 e. The van der Waals surface area contributed by atoms with E-state index in [-0.39, 0.29) is 44.7 Å². The van der Waals surface area contributed by atoms with E-state index >= 15 is 0 Å². The van der Waals surface area contributed by atoms with Gasteiger partial charge in [0.05, 0.1) is 16.9 Å². The van der Waals surface area contributed by atoms with Gasteiger partial charge in [-0.05, 0) is 201 Å². The highest BCUT2D eigenvalue weighted by molar-refractivity contribution is 7.00. The third kappa shape index (κ3) is 7.10. The number of anilines is 8. The fraction of sp³-hybridized carbons (Fsp3) is 0.377. The van der Waals surface area contributed by atoms with E-state index < -0.39 is 0 Å². The molecule has 9 aromatic rings. The van der Waals surface area contributed by atoms with Gasteiger partial charge in [-0.3, -0.25) is 0 Å². The van der Waals surface area contributed by atoms with E-state index in [1.165, 1.54) is 105 Å². The minimum atomic E-state index is -0.0978. The van der Waals surface area contributed by atoms with Crippen LogP contribution in [0.15, 0.2) is 150 Å². The highest BCUT2D eigenvalue weighted by Crippen LogP contribution is 2.64. The second-order valence-electron chi connectivity index (χ2n) is 30.2. The van der Waals surface area contributed by atoms with E-state index in [1.54, 1.807) is 22.2 Å². The fourth-order valence-corrected chi connectivity index (χ4v) is 17.2. The van der Waals surface area contributed by atoms with Crippen LogP contribution in [0, 0.1) is 6.92 Å². The summed E-state index contributed by atoms with van der Waals surface area (Å²) >= 11 is 0. The normalized spacial score (nSPS) is 22.0. The number of aryl methyl sites for hydroxylation is 1. The Morgan fingerprint density at radius 3 is 1.88 bits per heavy atom. The third-order valence-electron chi connectivity index (χ3n) is 22.3. The van der Waals surface area contributed by atoms with Gasteiger partial charge >= 0.3 is 0 Å². The van der Waals surface area contributed by atoms with E-state index in [0.717, 1.165) is 58.3 Å². The van der Waals surface area contributed by atoms with Crippen LogP contribution < -0.4 is 31.1 Å². The van der Waals surface area contributed by atoms with E-state index in [9.17, 15) is 0 Å². The maximum absolute atomic E-state index is 7.01. The zero-order valence-corrected chi connectivity index (χ0v) is 51.3. The van der Waals surface area contributed by atoms with Crippen LogP contribution >= 0.6 is 0 Å². The predicted molar refractivity (Wildman–Crippen MR) is 350 cm³/mol. The fourth-order valence-electron chi connectivity index (χ4n) is 17.2. The van der Waals surface area contributed by atoms with Crippen molar-refractivity contribution in [2.75, 3.05) is 14.7 Å². The van der Waals surface area contributed by atoms with E-state index in [0.29, 0.717) is 0 Å². The summed E-state index contributed by atoms with van der Waals surface area (Å²) < 4.78 is 7.01. The zero-order chi connectivity index (χ0) is 57.0. The first-order chi connectivity index (χ1) is 38.9. The standard InChI is InChI=1S/C77H82BN3O/c1-47-41-63-67-64(42-47)81-69-58(76(13)35-20-21-36-77(76,81)14)45-57-66(75(11,12)40-39-74(57,9)10)68(69)78(67)59-34-33-51(43-62(59)80(63)61-46-56-55(72(5,6)37-38-73(56,7)8)44-54(61)48-23-16-15-17-24-48)79(50-31-29-49(30-32-50)71(2,3)4)60-27-22-26-53-52-25-18-19-28-65(52)82-70(53)60/h15-19,22-34,41-46H,20-21,35-40H2,1-14H3. The van der Waals surface area contributed by atoms with Crippen molar-refractivity contribution in [1.29, 1.82) is 0 Å². The largest absolute Gasteiger partial charge is 0.454 e. The van der Waals surface area contributed by atoms with Crippen LogP contribution in [-0.4, -0.2) is 12.3 Å². The molecule has 0 bridgehead atoms. The summed E-state index contributed by atoms with van der Waals surface area (Å²) in [7, 11) is 0. The van der Waals surface area contributed by atoms with Crippen LogP contribution in [0.4, 0.5) is 45.5 Å². The van der Waals surface area contributed by atoms with Gasteiger partial charge in [0.1, 0.15) is 5.58 Å². The summed E-state index contributed by atoms with van der Waals surface area (Å²) in [5.41, 5.74) is 28.9. The van der Waals surface area contributed by atoms with Crippen LogP contribution in [0.3, 0.4) is 0 Å². The molecule has 0 amide bonds. The molecule has 2 atom stereocenters. The molecule has 8 aromatic carbocycles. The van der Waals surface area contributed by atoms with Crippen LogP contribution in [0.2, 0.25) is 0 Å². The second kappa shape index (κ2) is 17.1. The minimum Gasteiger partial charge on any atom is -0.454 e. The van der Waals surface area contributed by atoms with Crippen molar-refractivity contribution in [3.63, 3.8) is 0 Å².